The van der Waals surface area contributed by atoms with Gasteiger partial charge in [0.25, 0.3) is 0 Å². The number of rotatable bonds is 6. The maximum absolute atomic E-state index is 12.4. The monoisotopic (exact) mass is 408 g/mol. The van der Waals surface area contributed by atoms with Gasteiger partial charge in [-0.25, -0.2) is 14.8 Å². The van der Waals surface area contributed by atoms with Gasteiger partial charge in [0.05, 0.1) is 34.9 Å². The lowest BCUT2D eigenvalue weighted by molar-refractivity contribution is -0.133. The normalized spacial score (nSPS) is 12.3. The van der Waals surface area contributed by atoms with Crippen LogP contribution in [-0.4, -0.2) is 43.5 Å². The van der Waals surface area contributed by atoms with Crippen molar-refractivity contribution in [3.05, 3.63) is 60.1 Å². The number of nitrogens with zero attached hydrogens (tertiary/aromatic N) is 3. The summed E-state index contributed by atoms with van der Waals surface area (Å²) in [7, 11) is 1.28. The van der Waals surface area contributed by atoms with Crippen LogP contribution in [0.5, 0.6) is 0 Å². The molecule has 0 radical (unpaired) electrons. The van der Waals surface area contributed by atoms with Crippen molar-refractivity contribution >= 4 is 45.4 Å². The minimum absolute atomic E-state index is 0.0235. The Morgan fingerprint density at radius 3 is 2.59 bits per heavy atom. The summed E-state index contributed by atoms with van der Waals surface area (Å²) in [5, 5.41) is 11.5. The Hall–Kier alpha value is -3.26. The lowest BCUT2D eigenvalue weighted by atomic mass is 10.2. The molecule has 2 N–H and O–H groups in total. The largest absolute Gasteiger partial charge is 0.510 e. The molecule has 4 aromatic rings. The fourth-order valence-corrected chi connectivity index (χ4v) is 4.16. The van der Waals surface area contributed by atoms with E-state index in [1.165, 1.54) is 18.9 Å². The molecule has 0 aliphatic heterocycles. The van der Waals surface area contributed by atoms with Crippen molar-refractivity contribution in [3.63, 3.8) is 0 Å². The Kier molecular flexibility index (Phi) is 5.26. The molecule has 2 heterocycles. The first-order valence-corrected chi connectivity index (χ1v) is 10.1. The van der Waals surface area contributed by atoms with Crippen LogP contribution in [0.4, 0.5) is 0 Å². The SMILES string of the molecule is CCn1c(SCC(O)=C(C(=O)OC)c2nc3ccccc3[nH]2)nc2ccccc21. The van der Waals surface area contributed by atoms with Crippen molar-refractivity contribution in [2.75, 3.05) is 12.9 Å². The summed E-state index contributed by atoms with van der Waals surface area (Å²) in [5.41, 5.74) is 3.43. The smallest absolute Gasteiger partial charge is 0.345 e. The Balaban J connectivity index is 1.68. The number of carbonyl (C=O) groups is 1. The van der Waals surface area contributed by atoms with Crippen LogP contribution < -0.4 is 0 Å². The zero-order valence-electron chi connectivity index (χ0n) is 16.0. The summed E-state index contributed by atoms with van der Waals surface area (Å²) in [6.45, 7) is 2.79. The molecule has 0 aliphatic carbocycles. The van der Waals surface area contributed by atoms with Crippen LogP contribution in [0.3, 0.4) is 0 Å². The van der Waals surface area contributed by atoms with Gasteiger partial charge in [-0.15, -0.1) is 0 Å². The van der Waals surface area contributed by atoms with E-state index in [-0.39, 0.29) is 22.9 Å². The number of aromatic amines is 1. The molecule has 148 valence electrons. The minimum atomic E-state index is -0.647. The van der Waals surface area contributed by atoms with Crippen molar-refractivity contribution in [1.82, 2.24) is 19.5 Å². The topological polar surface area (TPSA) is 93.0 Å². The van der Waals surface area contributed by atoms with Gasteiger partial charge in [-0.1, -0.05) is 36.0 Å². The van der Waals surface area contributed by atoms with Gasteiger partial charge in [0.15, 0.2) is 5.16 Å². The van der Waals surface area contributed by atoms with Crippen molar-refractivity contribution < 1.29 is 14.6 Å². The number of esters is 1. The van der Waals surface area contributed by atoms with Crippen LogP contribution >= 0.6 is 11.8 Å². The first-order chi connectivity index (χ1) is 14.1. The van der Waals surface area contributed by atoms with E-state index in [4.69, 9.17) is 4.74 Å². The number of imidazole rings is 2. The second kappa shape index (κ2) is 8.00. The number of aliphatic hydroxyl groups is 1. The van der Waals surface area contributed by atoms with Crippen molar-refractivity contribution in [2.45, 2.75) is 18.6 Å². The highest BCUT2D eigenvalue weighted by Crippen LogP contribution is 2.28. The summed E-state index contributed by atoms with van der Waals surface area (Å²) >= 11 is 1.36. The molecule has 0 amide bonds. The summed E-state index contributed by atoms with van der Waals surface area (Å²) in [4.78, 5) is 24.5. The van der Waals surface area contributed by atoms with Crippen molar-refractivity contribution in [2.24, 2.45) is 0 Å². The van der Waals surface area contributed by atoms with E-state index < -0.39 is 5.97 Å². The number of aromatic nitrogens is 4. The van der Waals surface area contributed by atoms with Crippen LogP contribution in [-0.2, 0) is 16.1 Å². The van der Waals surface area contributed by atoms with E-state index in [1.54, 1.807) is 0 Å². The molecule has 4 rings (SSSR count). The number of hydrogen-bond donors (Lipinski definition) is 2. The fraction of sp³-hybridized carbons (Fsp3) is 0.190. The fourth-order valence-electron chi connectivity index (χ4n) is 3.20. The number of hydrogen-bond acceptors (Lipinski definition) is 6. The number of para-hydroxylation sites is 4. The Morgan fingerprint density at radius 1 is 1.14 bits per heavy atom. The predicted octanol–water partition coefficient (Wildman–Crippen LogP) is 4.17. The highest BCUT2D eigenvalue weighted by atomic mass is 32.2. The first kappa shape index (κ1) is 19.1. The Bertz CT molecular complexity index is 1190. The number of aliphatic hydroxyl groups excluding tert-OH is 1. The molecule has 29 heavy (non-hydrogen) atoms. The number of methoxy groups -OCH3 is 1. The second-order valence-corrected chi connectivity index (χ2v) is 7.27. The predicted molar refractivity (Wildman–Crippen MR) is 114 cm³/mol. The summed E-state index contributed by atoms with van der Waals surface area (Å²) in [6.07, 6.45) is 0. The molecule has 0 bridgehead atoms. The van der Waals surface area contributed by atoms with Gasteiger partial charge in [-0.3, -0.25) is 0 Å². The van der Waals surface area contributed by atoms with Crippen LogP contribution in [0.2, 0.25) is 0 Å². The number of fused-ring (bicyclic) bond motifs is 2. The molecule has 8 heteroatoms. The highest BCUT2D eigenvalue weighted by Gasteiger charge is 2.23. The quantitative estimate of drug-likeness (QED) is 0.215. The molecule has 0 aliphatic rings. The van der Waals surface area contributed by atoms with Crippen LogP contribution in [0, 0.1) is 0 Å². The molecule has 0 unspecified atom stereocenters. The minimum Gasteiger partial charge on any atom is -0.510 e. The number of thioether (sulfide) groups is 1. The molecule has 0 saturated heterocycles. The van der Waals surface area contributed by atoms with E-state index in [9.17, 15) is 9.90 Å². The van der Waals surface area contributed by atoms with Gasteiger partial charge in [0.2, 0.25) is 0 Å². The summed E-state index contributed by atoms with van der Waals surface area (Å²) in [5.74, 6) is -0.327. The van der Waals surface area contributed by atoms with Crippen molar-refractivity contribution in [1.29, 1.82) is 0 Å². The molecule has 0 saturated carbocycles. The molecular weight excluding hydrogens is 388 g/mol. The van der Waals surface area contributed by atoms with E-state index in [0.29, 0.717) is 5.52 Å². The number of carbonyl (C=O) groups excluding carboxylic acids is 1. The van der Waals surface area contributed by atoms with Gasteiger partial charge in [-0.05, 0) is 31.2 Å². The average molecular weight is 408 g/mol. The molecule has 7 nitrogen and oxygen atoms in total. The van der Waals surface area contributed by atoms with E-state index in [1.807, 2.05) is 55.5 Å². The lowest BCUT2D eigenvalue weighted by Crippen LogP contribution is -2.10. The van der Waals surface area contributed by atoms with Crippen molar-refractivity contribution in [3.8, 4) is 0 Å². The number of nitrogens with one attached hydrogen (secondary N) is 1. The standard InChI is InChI=1S/C21H20N4O3S/c1-3-25-16-11-7-6-10-15(16)24-21(25)29-12-17(26)18(20(27)28-2)19-22-13-8-4-5-9-14(13)23-19/h4-11,26H,3,12H2,1-2H3,(H,22,23). The van der Waals surface area contributed by atoms with E-state index >= 15 is 0 Å². The molecular formula is C21H20N4O3S. The number of H-pyrrole nitrogens is 1. The van der Waals surface area contributed by atoms with Crippen LogP contribution in [0.25, 0.3) is 27.6 Å². The Labute approximate surface area is 171 Å². The summed E-state index contributed by atoms with van der Waals surface area (Å²) in [6, 6.07) is 15.3. The lowest BCUT2D eigenvalue weighted by Gasteiger charge is -2.08. The first-order valence-electron chi connectivity index (χ1n) is 9.16. The molecule has 2 aromatic carbocycles. The van der Waals surface area contributed by atoms with Gasteiger partial charge < -0.3 is 19.4 Å². The van der Waals surface area contributed by atoms with Gasteiger partial charge >= 0.3 is 5.97 Å². The third-order valence-electron chi connectivity index (χ3n) is 4.58. The van der Waals surface area contributed by atoms with Crippen LogP contribution in [0.1, 0.15) is 12.7 Å². The zero-order chi connectivity index (χ0) is 20.4. The van der Waals surface area contributed by atoms with E-state index in [2.05, 4.69) is 19.5 Å². The third kappa shape index (κ3) is 3.58. The molecule has 0 spiro atoms. The van der Waals surface area contributed by atoms with Crippen LogP contribution in [0.15, 0.2) is 59.4 Å². The van der Waals surface area contributed by atoms with E-state index in [0.717, 1.165) is 28.3 Å². The van der Waals surface area contributed by atoms with Gasteiger partial charge in [0.1, 0.15) is 17.2 Å². The Morgan fingerprint density at radius 2 is 1.86 bits per heavy atom. The number of ether oxygens (including phenoxy) is 1. The maximum atomic E-state index is 12.4. The summed E-state index contributed by atoms with van der Waals surface area (Å²) < 4.78 is 6.96. The number of benzene rings is 2. The average Bonchev–Trinajstić information content (AvgIpc) is 3.32. The zero-order valence-corrected chi connectivity index (χ0v) is 16.9. The molecule has 0 atom stereocenters. The van der Waals surface area contributed by atoms with Gasteiger partial charge in [-0.2, -0.15) is 0 Å². The second-order valence-electron chi connectivity index (χ2n) is 6.33. The molecule has 0 fully saturated rings. The number of aryl methyl sites for hydroxylation is 1. The maximum Gasteiger partial charge on any atom is 0.345 e. The third-order valence-corrected chi connectivity index (χ3v) is 5.57. The highest BCUT2D eigenvalue weighted by molar-refractivity contribution is 7.99. The van der Waals surface area contributed by atoms with Gasteiger partial charge in [0, 0.05) is 6.54 Å². The molecule has 2 aromatic heterocycles.